The largest absolute Gasteiger partial charge is 0.361 e. The van der Waals surface area contributed by atoms with Crippen molar-refractivity contribution >= 4 is 22.5 Å². The van der Waals surface area contributed by atoms with Gasteiger partial charge in [-0.15, -0.1) is 0 Å². The van der Waals surface area contributed by atoms with Gasteiger partial charge in [-0.2, -0.15) is 0 Å². The Kier molecular flexibility index (Phi) is 8.29. The molecule has 5 aromatic carbocycles. The van der Waals surface area contributed by atoms with Crippen LogP contribution >= 0.6 is 11.6 Å². The van der Waals surface area contributed by atoms with E-state index >= 15 is 0 Å². The molecule has 0 amide bonds. The number of aromatic nitrogens is 1. The van der Waals surface area contributed by atoms with Crippen LogP contribution in [-0.2, 0) is 18.5 Å². The summed E-state index contributed by atoms with van der Waals surface area (Å²) in [6.45, 7) is 1.44. The molecule has 0 radical (unpaired) electrons. The first-order chi connectivity index (χ1) is 20.2. The molecule has 0 spiro atoms. The molecule has 3 N–H and O–H groups in total. The van der Waals surface area contributed by atoms with Crippen molar-refractivity contribution < 1.29 is 0 Å². The van der Waals surface area contributed by atoms with Gasteiger partial charge in [0.05, 0.1) is 5.54 Å². The van der Waals surface area contributed by atoms with Gasteiger partial charge in [-0.1, -0.05) is 139 Å². The Morgan fingerprint density at radius 1 is 0.610 bits per heavy atom. The van der Waals surface area contributed by atoms with Gasteiger partial charge >= 0.3 is 0 Å². The number of aromatic amines is 1. The van der Waals surface area contributed by atoms with Gasteiger partial charge < -0.3 is 10.3 Å². The molecule has 0 aliphatic heterocycles. The minimum Gasteiger partial charge on any atom is -0.361 e. The van der Waals surface area contributed by atoms with Crippen LogP contribution in [0.4, 0.5) is 0 Å². The highest BCUT2D eigenvalue weighted by Gasteiger charge is 2.38. The molecule has 41 heavy (non-hydrogen) atoms. The lowest BCUT2D eigenvalue weighted by Gasteiger charge is -2.40. The van der Waals surface area contributed by atoms with Gasteiger partial charge in [0.1, 0.15) is 0 Å². The van der Waals surface area contributed by atoms with E-state index in [0.29, 0.717) is 6.54 Å². The topological polar surface area (TPSA) is 39.9 Å². The summed E-state index contributed by atoms with van der Waals surface area (Å²) in [5.41, 5.74) is 6.59. The summed E-state index contributed by atoms with van der Waals surface area (Å²) in [7, 11) is 0. The molecule has 0 fully saturated rings. The quantitative estimate of drug-likeness (QED) is 0.141. The van der Waals surface area contributed by atoms with Crippen molar-refractivity contribution in [3.63, 3.8) is 0 Å². The van der Waals surface area contributed by atoms with Crippen molar-refractivity contribution in [1.29, 1.82) is 0 Å². The van der Waals surface area contributed by atoms with Crippen molar-refractivity contribution in [2.75, 3.05) is 6.54 Å². The second-order valence-electron chi connectivity index (χ2n) is 10.5. The Hall–Kier alpha value is -4.15. The molecule has 1 heterocycles. The van der Waals surface area contributed by atoms with Crippen LogP contribution in [-0.4, -0.2) is 17.6 Å². The minimum absolute atomic E-state index is 0.0808. The number of nitrogens with one attached hydrogen (secondary N) is 3. The molecular formula is C37H34ClN3. The zero-order valence-electron chi connectivity index (χ0n) is 22.9. The molecule has 1 aromatic heterocycles. The fraction of sp³-hybridized carbons (Fsp3) is 0.135. The second kappa shape index (κ2) is 12.6. The van der Waals surface area contributed by atoms with Gasteiger partial charge in [-0.25, -0.2) is 0 Å². The first-order valence-electron chi connectivity index (χ1n) is 14.2. The average molecular weight is 556 g/mol. The standard InChI is InChI=1S/C37H34ClN3/c38-35-22-12-10-14-28(35)25-39-27-33(24-29-26-40-36-23-13-11-21-34(29)36)41-37(30-15-4-1-5-16-30,31-17-6-2-7-18-31)32-19-8-3-9-20-32/h1-23,26,33,39-41H,24-25,27H2. The van der Waals surface area contributed by atoms with Crippen LogP contribution in [0.3, 0.4) is 0 Å². The fourth-order valence-electron chi connectivity index (χ4n) is 5.88. The number of hydrogen-bond acceptors (Lipinski definition) is 2. The molecule has 1 unspecified atom stereocenters. The highest BCUT2D eigenvalue weighted by atomic mass is 35.5. The Morgan fingerprint density at radius 2 is 1.15 bits per heavy atom. The third-order valence-corrected chi connectivity index (χ3v) is 8.22. The summed E-state index contributed by atoms with van der Waals surface area (Å²) in [5.74, 6) is 0. The molecule has 1 atom stereocenters. The third-order valence-electron chi connectivity index (χ3n) is 7.85. The number of hydrogen-bond donors (Lipinski definition) is 3. The maximum absolute atomic E-state index is 6.51. The van der Waals surface area contributed by atoms with Crippen LogP contribution in [0.1, 0.15) is 27.8 Å². The maximum atomic E-state index is 6.51. The molecule has 0 aliphatic rings. The molecule has 0 bridgehead atoms. The summed E-state index contributed by atoms with van der Waals surface area (Å²) < 4.78 is 0. The Morgan fingerprint density at radius 3 is 1.76 bits per heavy atom. The van der Waals surface area contributed by atoms with Crippen LogP contribution in [0, 0.1) is 0 Å². The van der Waals surface area contributed by atoms with Gasteiger partial charge in [-0.05, 0) is 46.4 Å². The summed E-state index contributed by atoms with van der Waals surface area (Å²) in [4.78, 5) is 3.48. The number of fused-ring (bicyclic) bond motifs is 1. The van der Waals surface area contributed by atoms with E-state index in [4.69, 9.17) is 11.6 Å². The SMILES string of the molecule is Clc1ccccc1CNCC(Cc1c[nH]c2ccccc12)NC(c1ccccc1)(c1ccccc1)c1ccccc1. The normalized spacial score (nSPS) is 12.4. The summed E-state index contributed by atoms with van der Waals surface area (Å²) in [6, 6.07) is 49.0. The van der Waals surface area contributed by atoms with Crippen LogP contribution in [0.15, 0.2) is 146 Å². The van der Waals surface area contributed by atoms with E-state index in [1.807, 2.05) is 18.2 Å². The predicted molar refractivity (Wildman–Crippen MR) is 171 cm³/mol. The van der Waals surface area contributed by atoms with Gasteiger partial charge in [0.25, 0.3) is 0 Å². The Labute approximate surface area is 247 Å². The van der Waals surface area contributed by atoms with E-state index in [1.54, 1.807) is 0 Å². The van der Waals surface area contributed by atoms with E-state index in [1.165, 1.54) is 27.6 Å². The lowest BCUT2D eigenvalue weighted by molar-refractivity contribution is 0.372. The van der Waals surface area contributed by atoms with E-state index in [9.17, 15) is 0 Å². The summed E-state index contributed by atoms with van der Waals surface area (Å²) in [6.07, 6.45) is 3.00. The van der Waals surface area contributed by atoms with Gasteiger partial charge in [0.15, 0.2) is 0 Å². The van der Waals surface area contributed by atoms with E-state index < -0.39 is 5.54 Å². The maximum Gasteiger partial charge on any atom is 0.0950 e. The van der Waals surface area contributed by atoms with Gasteiger partial charge in [0, 0.05) is 41.3 Å². The van der Waals surface area contributed by atoms with Crippen molar-refractivity contribution in [1.82, 2.24) is 15.6 Å². The third kappa shape index (κ3) is 5.84. The number of para-hydroxylation sites is 1. The first-order valence-corrected chi connectivity index (χ1v) is 14.6. The molecule has 6 rings (SSSR count). The van der Waals surface area contributed by atoms with E-state index in [-0.39, 0.29) is 6.04 Å². The monoisotopic (exact) mass is 555 g/mol. The van der Waals surface area contributed by atoms with E-state index in [0.717, 1.165) is 29.1 Å². The lowest BCUT2D eigenvalue weighted by Crippen LogP contribution is -2.53. The second-order valence-corrected chi connectivity index (χ2v) is 10.9. The number of H-pyrrole nitrogens is 1. The van der Waals surface area contributed by atoms with Crippen molar-refractivity contribution in [3.8, 4) is 0 Å². The van der Waals surface area contributed by atoms with Crippen LogP contribution in [0.25, 0.3) is 10.9 Å². The Balaban J connectivity index is 1.43. The molecule has 6 aromatic rings. The zero-order valence-corrected chi connectivity index (χ0v) is 23.7. The van der Waals surface area contributed by atoms with Gasteiger partial charge in [-0.3, -0.25) is 5.32 Å². The van der Waals surface area contributed by atoms with Crippen molar-refractivity contribution in [2.45, 2.75) is 24.5 Å². The summed E-state index contributed by atoms with van der Waals surface area (Å²) >= 11 is 6.51. The number of halogens is 1. The summed E-state index contributed by atoms with van der Waals surface area (Å²) in [5, 5.41) is 9.98. The van der Waals surface area contributed by atoms with Gasteiger partial charge in [0.2, 0.25) is 0 Å². The smallest absolute Gasteiger partial charge is 0.0950 e. The highest BCUT2D eigenvalue weighted by molar-refractivity contribution is 6.31. The highest BCUT2D eigenvalue weighted by Crippen LogP contribution is 2.37. The van der Waals surface area contributed by atoms with Crippen molar-refractivity contribution in [3.05, 3.63) is 179 Å². The average Bonchev–Trinajstić information content (AvgIpc) is 3.44. The zero-order chi connectivity index (χ0) is 27.9. The molecule has 3 nitrogen and oxygen atoms in total. The Bertz CT molecular complexity index is 1580. The number of rotatable bonds is 11. The van der Waals surface area contributed by atoms with Crippen LogP contribution in [0.2, 0.25) is 5.02 Å². The lowest BCUT2D eigenvalue weighted by atomic mass is 9.76. The molecular weight excluding hydrogens is 522 g/mol. The van der Waals surface area contributed by atoms with Crippen LogP contribution in [0.5, 0.6) is 0 Å². The molecule has 0 saturated heterocycles. The molecule has 0 aliphatic carbocycles. The molecule has 4 heteroatoms. The van der Waals surface area contributed by atoms with Crippen LogP contribution < -0.4 is 10.6 Å². The fourth-order valence-corrected chi connectivity index (χ4v) is 6.09. The van der Waals surface area contributed by atoms with E-state index in [2.05, 4.69) is 143 Å². The minimum atomic E-state index is -0.563. The molecule has 204 valence electrons. The molecule has 0 saturated carbocycles. The number of benzene rings is 5. The predicted octanol–water partition coefficient (Wildman–Crippen LogP) is 8.10. The van der Waals surface area contributed by atoms with Crippen molar-refractivity contribution in [2.24, 2.45) is 0 Å². The first kappa shape index (κ1) is 27.0.